The predicted octanol–water partition coefficient (Wildman–Crippen LogP) is 23.1. The van der Waals surface area contributed by atoms with Crippen molar-refractivity contribution in [1.82, 2.24) is 0 Å². The molecule has 5 aliphatic rings. The summed E-state index contributed by atoms with van der Waals surface area (Å²) in [6, 6.07) is 68.5. The van der Waals surface area contributed by atoms with Crippen LogP contribution in [0.15, 0.2) is 170 Å². The molecule has 9 aromatic rings. The molecule has 0 aromatic heterocycles. The SMILES string of the molecule is CC(C)(C)c1ccc(N(c2ccc(C(C)(C)C)cc2)c2cc3c4c(c2)N(c2ccc(C(C)(C)C)cc2-c2ccccc2)c2cc5c(cc2B4c2cc4c(cc2N3c2ccc3c(c2)C(C)(C)CCC3(C)C)C(C)(C)CCC4(C)C)C(C)(C)c2c-5cccc2C(C)(C)C)cc1. The van der Waals surface area contributed by atoms with Gasteiger partial charge in [-0.15, -0.1) is 0 Å². The topological polar surface area (TPSA) is 9.72 Å². The lowest BCUT2D eigenvalue weighted by atomic mass is 9.33. The number of benzene rings is 9. The van der Waals surface area contributed by atoms with Crippen LogP contribution in [0.3, 0.4) is 0 Å². The highest BCUT2D eigenvalue weighted by atomic mass is 15.2. The summed E-state index contributed by atoms with van der Waals surface area (Å²) >= 11 is 0. The second-order valence-electron chi connectivity index (χ2n) is 36.1. The molecule has 9 aromatic carbocycles. The summed E-state index contributed by atoms with van der Waals surface area (Å²) in [6.07, 6.45) is 4.57. The molecule has 0 unspecified atom stereocenters. The Labute approximate surface area is 560 Å². The van der Waals surface area contributed by atoms with Gasteiger partial charge in [-0.2, -0.15) is 0 Å². The van der Waals surface area contributed by atoms with E-state index >= 15 is 0 Å². The summed E-state index contributed by atoms with van der Waals surface area (Å²) in [4.78, 5) is 8.08. The fourth-order valence-corrected chi connectivity index (χ4v) is 17.1. The molecular formula is C89H102BN3. The quantitative estimate of drug-likeness (QED) is 0.154. The van der Waals surface area contributed by atoms with Gasteiger partial charge in [0, 0.05) is 50.8 Å². The zero-order valence-electron chi connectivity index (χ0n) is 60.4. The van der Waals surface area contributed by atoms with Gasteiger partial charge in [-0.1, -0.05) is 249 Å². The van der Waals surface area contributed by atoms with E-state index in [-0.39, 0.29) is 55.4 Å². The Morgan fingerprint density at radius 3 is 1.37 bits per heavy atom. The third-order valence-electron chi connectivity index (χ3n) is 23.1. The van der Waals surface area contributed by atoms with Crippen molar-refractivity contribution < 1.29 is 0 Å². The van der Waals surface area contributed by atoms with Gasteiger partial charge in [0.15, 0.2) is 0 Å². The monoisotopic (exact) mass is 1220 g/mol. The molecular weight excluding hydrogens is 1120 g/mol. The normalized spacial score (nSPS) is 17.8. The Morgan fingerprint density at radius 1 is 0.344 bits per heavy atom. The van der Waals surface area contributed by atoms with Crippen molar-refractivity contribution in [2.75, 3.05) is 14.7 Å². The van der Waals surface area contributed by atoms with E-state index in [4.69, 9.17) is 0 Å². The maximum absolute atomic E-state index is 2.76. The van der Waals surface area contributed by atoms with Crippen molar-refractivity contribution >= 4 is 74.3 Å². The minimum Gasteiger partial charge on any atom is -0.311 e. The predicted molar refractivity (Wildman–Crippen MR) is 404 cm³/mol. The third-order valence-corrected chi connectivity index (χ3v) is 23.1. The highest BCUT2D eigenvalue weighted by molar-refractivity contribution is 7.00. The largest absolute Gasteiger partial charge is 0.311 e. The molecule has 0 saturated carbocycles. The van der Waals surface area contributed by atoms with Crippen LogP contribution in [0.2, 0.25) is 0 Å². The van der Waals surface area contributed by atoms with Crippen LogP contribution in [0.1, 0.15) is 234 Å². The lowest BCUT2D eigenvalue weighted by Gasteiger charge is -2.48. The lowest BCUT2D eigenvalue weighted by molar-refractivity contribution is 0.332. The van der Waals surface area contributed by atoms with Crippen molar-refractivity contribution in [3.8, 4) is 22.3 Å². The molecule has 0 amide bonds. The van der Waals surface area contributed by atoms with Crippen LogP contribution in [-0.4, -0.2) is 6.71 Å². The Balaban J connectivity index is 1.18. The minimum atomic E-state index is -0.272. The van der Waals surface area contributed by atoms with E-state index in [2.05, 4.69) is 337 Å². The number of rotatable bonds is 6. The van der Waals surface area contributed by atoms with Gasteiger partial charge in [-0.3, -0.25) is 0 Å². The van der Waals surface area contributed by atoms with Crippen molar-refractivity contribution in [3.05, 3.63) is 225 Å². The molecule has 0 atom stereocenters. The van der Waals surface area contributed by atoms with Gasteiger partial charge in [0.2, 0.25) is 0 Å². The van der Waals surface area contributed by atoms with Crippen LogP contribution in [0.25, 0.3) is 22.3 Å². The molecule has 3 nitrogen and oxygen atoms in total. The van der Waals surface area contributed by atoms with Crippen LogP contribution in [0.5, 0.6) is 0 Å². The zero-order valence-corrected chi connectivity index (χ0v) is 60.4. The van der Waals surface area contributed by atoms with Crippen LogP contribution >= 0.6 is 0 Å². The second-order valence-corrected chi connectivity index (χ2v) is 36.1. The highest BCUT2D eigenvalue weighted by Crippen LogP contribution is 2.58. The maximum atomic E-state index is 2.76. The fourth-order valence-electron chi connectivity index (χ4n) is 17.1. The second kappa shape index (κ2) is 20.7. The van der Waals surface area contributed by atoms with Crippen LogP contribution in [0, 0.1) is 0 Å². The van der Waals surface area contributed by atoms with Crippen molar-refractivity contribution in [2.45, 2.75) is 227 Å². The molecule has 0 saturated heterocycles. The van der Waals surface area contributed by atoms with E-state index in [1.54, 1.807) is 0 Å². The first-order valence-electron chi connectivity index (χ1n) is 35.0. The number of hydrogen-bond acceptors (Lipinski definition) is 3. The van der Waals surface area contributed by atoms with E-state index in [1.807, 2.05) is 0 Å². The third kappa shape index (κ3) is 10.1. The highest BCUT2D eigenvalue weighted by Gasteiger charge is 2.50. The molecule has 14 rings (SSSR count). The van der Waals surface area contributed by atoms with E-state index in [1.165, 1.54) is 128 Å². The van der Waals surface area contributed by atoms with Crippen molar-refractivity contribution in [1.29, 1.82) is 0 Å². The smallest absolute Gasteiger partial charge is 0.252 e. The molecule has 2 heterocycles. The van der Waals surface area contributed by atoms with E-state index in [0.717, 1.165) is 42.7 Å². The lowest BCUT2D eigenvalue weighted by Crippen LogP contribution is -2.62. The number of hydrogen-bond donors (Lipinski definition) is 0. The van der Waals surface area contributed by atoms with E-state index in [0.29, 0.717) is 0 Å². The minimum absolute atomic E-state index is 0.0131. The average Bonchev–Trinajstić information content (AvgIpc) is 1.45. The average molecular weight is 1220 g/mol. The number of fused-ring (bicyclic) bond motifs is 9. The molecule has 3 aliphatic carbocycles. The first kappa shape index (κ1) is 62.9. The summed E-state index contributed by atoms with van der Waals surface area (Å²) in [5.74, 6) is 0. The van der Waals surface area contributed by atoms with Gasteiger partial charge in [-0.25, -0.2) is 0 Å². The summed E-state index contributed by atoms with van der Waals surface area (Å²) in [5, 5.41) is 0. The molecule has 476 valence electrons. The van der Waals surface area contributed by atoms with Gasteiger partial charge in [-0.05, 0) is 231 Å². The summed E-state index contributed by atoms with van der Waals surface area (Å²) in [7, 11) is 0. The van der Waals surface area contributed by atoms with Crippen LogP contribution < -0.4 is 31.1 Å². The Bertz CT molecular complexity index is 4440. The molecule has 2 aliphatic heterocycles. The molecule has 0 spiro atoms. The molecule has 4 heteroatoms. The first-order valence-corrected chi connectivity index (χ1v) is 35.0. The van der Waals surface area contributed by atoms with Gasteiger partial charge in [0.05, 0.1) is 11.4 Å². The van der Waals surface area contributed by atoms with Gasteiger partial charge < -0.3 is 14.7 Å². The van der Waals surface area contributed by atoms with E-state index < -0.39 is 0 Å². The summed E-state index contributed by atoms with van der Waals surface area (Å²) in [5.41, 5.74) is 33.6. The van der Waals surface area contributed by atoms with E-state index in [9.17, 15) is 0 Å². The number of anilines is 9. The van der Waals surface area contributed by atoms with Gasteiger partial charge in [0.25, 0.3) is 6.71 Å². The summed E-state index contributed by atoms with van der Waals surface area (Å²) in [6.45, 7) is 53.1. The molecule has 0 fully saturated rings. The van der Waals surface area contributed by atoms with Crippen LogP contribution in [0.4, 0.5) is 51.2 Å². The molecule has 93 heavy (non-hydrogen) atoms. The fraction of sp³-hybridized carbons (Fsp3) is 0.393. The number of nitrogens with zero attached hydrogens (tertiary/aromatic N) is 3. The standard InChI is InChI=1S/C89H102BN3/c1-81(2,3)56-31-36-59(37-32-56)91(60-38-33-57(34-39-60)82(4,5)6)62-49-77-80-78(50-62)93(74-42-35-58(83(7,8)9)47-64(74)55-27-24-23-25-28-55)75-51-65-63-29-26-30-67(84(10,11)12)79(63)89(21,22)68(65)52-72(75)90(80)73-53-70-71(88(19,20)46-45-87(70,17)18)54-76(73)92(77)61-40-41-66-69(48-61)86(15,16)44-43-85(66,13)14/h23-42,47-54H,43-46H2,1-22H3. The molecule has 0 radical (unpaired) electrons. The van der Waals surface area contributed by atoms with Crippen molar-refractivity contribution in [3.63, 3.8) is 0 Å². The summed E-state index contributed by atoms with van der Waals surface area (Å²) < 4.78 is 0. The Kier molecular flexibility index (Phi) is 14.0. The Hall–Kier alpha value is -7.56. The molecule has 0 bridgehead atoms. The van der Waals surface area contributed by atoms with Gasteiger partial charge in [0.1, 0.15) is 0 Å². The molecule has 0 N–H and O–H groups in total. The maximum Gasteiger partial charge on any atom is 0.252 e. The van der Waals surface area contributed by atoms with Gasteiger partial charge >= 0.3 is 0 Å². The zero-order chi connectivity index (χ0) is 66.4. The Morgan fingerprint density at radius 2 is 0.828 bits per heavy atom. The van der Waals surface area contributed by atoms with Crippen molar-refractivity contribution in [2.24, 2.45) is 0 Å². The first-order chi connectivity index (χ1) is 43.4. The van der Waals surface area contributed by atoms with Crippen LogP contribution in [-0.2, 0) is 48.7 Å².